The van der Waals surface area contributed by atoms with E-state index in [1.54, 1.807) is 25.1 Å². The van der Waals surface area contributed by atoms with Gasteiger partial charge in [-0.15, -0.1) is 0 Å². The molecule has 2 aromatic carbocycles. The predicted molar refractivity (Wildman–Crippen MR) is 79.8 cm³/mol. The van der Waals surface area contributed by atoms with E-state index in [0.717, 1.165) is 5.56 Å². The van der Waals surface area contributed by atoms with Gasteiger partial charge in [-0.1, -0.05) is 23.7 Å². The summed E-state index contributed by atoms with van der Waals surface area (Å²) < 4.78 is 23.8. The van der Waals surface area contributed by atoms with Crippen molar-refractivity contribution in [1.29, 1.82) is 0 Å². The maximum absolute atomic E-state index is 13.5. The third-order valence-corrected chi connectivity index (χ3v) is 3.58. The molecule has 2 aromatic rings. The van der Waals surface area contributed by atoms with Crippen LogP contribution in [0.5, 0.6) is 11.5 Å². The molecule has 0 aromatic heterocycles. The highest BCUT2D eigenvalue weighted by atomic mass is 35.5. The van der Waals surface area contributed by atoms with Crippen molar-refractivity contribution >= 4 is 11.6 Å². The van der Waals surface area contributed by atoms with Crippen molar-refractivity contribution in [2.75, 3.05) is 14.2 Å². The van der Waals surface area contributed by atoms with Gasteiger partial charge >= 0.3 is 0 Å². The molecule has 112 valence electrons. The fourth-order valence-corrected chi connectivity index (χ4v) is 2.55. The molecule has 1 N–H and O–H groups in total. The zero-order valence-corrected chi connectivity index (χ0v) is 12.7. The highest BCUT2D eigenvalue weighted by Gasteiger charge is 2.20. The zero-order valence-electron chi connectivity index (χ0n) is 12.0. The molecule has 21 heavy (non-hydrogen) atoms. The van der Waals surface area contributed by atoms with Gasteiger partial charge in [-0.25, -0.2) is 4.39 Å². The fourth-order valence-electron chi connectivity index (χ4n) is 2.22. The molecular formula is C16H16ClFO3. The van der Waals surface area contributed by atoms with Crippen molar-refractivity contribution in [3.8, 4) is 11.5 Å². The van der Waals surface area contributed by atoms with Gasteiger partial charge in [0.15, 0.2) is 11.5 Å². The third-order valence-electron chi connectivity index (χ3n) is 3.19. The minimum Gasteiger partial charge on any atom is -0.493 e. The molecule has 1 unspecified atom stereocenters. The summed E-state index contributed by atoms with van der Waals surface area (Å²) in [6.07, 6.45) is -1.05. The average molecular weight is 311 g/mol. The van der Waals surface area contributed by atoms with Crippen LogP contribution in [-0.4, -0.2) is 19.3 Å². The second-order valence-corrected chi connectivity index (χ2v) is 5.05. The minimum atomic E-state index is -1.05. The van der Waals surface area contributed by atoms with E-state index in [9.17, 15) is 9.50 Å². The molecule has 3 nitrogen and oxygen atoms in total. The number of aliphatic hydroxyl groups excluding tert-OH is 1. The minimum absolute atomic E-state index is 0.242. The molecule has 0 spiro atoms. The van der Waals surface area contributed by atoms with Crippen LogP contribution in [0.3, 0.4) is 0 Å². The summed E-state index contributed by atoms with van der Waals surface area (Å²) in [5.41, 5.74) is 1.58. The Hall–Kier alpha value is -1.78. The lowest BCUT2D eigenvalue weighted by Crippen LogP contribution is -2.03. The zero-order chi connectivity index (χ0) is 15.6. The molecule has 0 saturated carbocycles. The number of hydrogen-bond acceptors (Lipinski definition) is 3. The number of benzene rings is 2. The van der Waals surface area contributed by atoms with Crippen LogP contribution in [0.2, 0.25) is 5.02 Å². The Morgan fingerprint density at radius 3 is 2.43 bits per heavy atom. The monoisotopic (exact) mass is 310 g/mol. The summed E-state index contributed by atoms with van der Waals surface area (Å²) in [7, 11) is 2.96. The molecular weight excluding hydrogens is 295 g/mol. The van der Waals surface area contributed by atoms with E-state index in [-0.39, 0.29) is 5.02 Å². The first-order valence-electron chi connectivity index (χ1n) is 6.33. The number of halogens is 2. The Bertz CT molecular complexity index is 638. The largest absolute Gasteiger partial charge is 0.493 e. The van der Waals surface area contributed by atoms with Crippen LogP contribution < -0.4 is 9.47 Å². The maximum Gasteiger partial charge on any atom is 0.179 e. The first-order chi connectivity index (χ1) is 9.97. The topological polar surface area (TPSA) is 38.7 Å². The summed E-state index contributed by atoms with van der Waals surface area (Å²) in [6.45, 7) is 1.76. The second-order valence-electron chi connectivity index (χ2n) is 4.67. The first kappa shape index (κ1) is 15.6. The molecule has 2 rings (SSSR count). The molecule has 1 atom stereocenters. The Morgan fingerprint density at radius 1 is 1.14 bits per heavy atom. The number of ether oxygens (including phenoxy) is 2. The smallest absolute Gasteiger partial charge is 0.179 e. The van der Waals surface area contributed by atoms with Gasteiger partial charge in [0.1, 0.15) is 11.9 Å². The van der Waals surface area contributed by atoms with Crippen LogP contribution in [-0.2, 0) is 0 Å². The van der Waals surface area contributed by atoms with Gasteiger partial charge in [0.25, 0.3) is 0 Å². The van der Waals surface area contributed by atoms with Crippen LogP contribution in [0.15, 0.2) is 30.3 Å². The summed E-state index contributed by atoms with van der Waals surface area (Å²) in [4.78, 5) is 0. The van der Waals surface area contributed by atoms with E-state index in [2.05, 4.69) is 0 Å². The summed E-state index contributed by atoms with van der Waals surface area (Å²) >= 11 is 6.26. The maximum atomic E-state index is 13.5. The molecule has 0 aliphatic rings. The van der Waals surface area contributed by atoms with Gasteiger partial charge in [0.2, 0.25) is 0 Å². The first-order valence-corrected chi connectivity index (χ1v) is 6.71. The molecule has 5 heteroatoms. The standard InChI is InChI=1S/C16H16ClFO3/c1-9-6-10(8-11(18)7-9)15(19)12-4-5-13(20-2)16(21-3)14(12)17/h4-8,15,19H,1-3H3. The van der Waals surface area contributed by atoms with Crippen LogP contribution in [0.1, 0.15) is 22.8 Å². The van der Waals surface area contributed by atoms with Crippen molar-refractivity contribution in [3.63, 3.8) is 0 Å². The van der Waals surface area contributed by atoms with E-state index in [4.69, 9.17) is 21.1 Å². The molecule has 0 bridgehead atoms. The van der Waals surface area contributed by atoms with Gasteiger partial charge in [-0.3, -0.25) is 0 Å². The number of methoxy groups -OCH3 is 2. The quantitative estimate of drug-likeness (QED) is 0.931. The number of aryl methyl sites for hydroxylation is 1. The molecule has 0 fully saturated rings. The number of hydrogen-bond donors (Lipinski definition) is 1. The van der Waals surface area contributed by atoms with Crippen molar-refractivity contribution < 1.29 is 19.0 Å². The SMILES string of the molecule is COc1ccc(C(O)c2cc(C)cc(F)c2)c(Cl)c1OC. The van der Waals surface area contributed by atoms with Gasteiger partial charge < -0.3 is 14.6 Å². The summed E-state index contributed by atoms with van der Waals surface area (Å²) in [6, 6.07) is 7.67. The van der Waals surface area contributed by atoms with Gasteiger partial charge in [0.05, 0.1) is 19.2 Å². The van der Waals surface area contributed by atoms with E-state index in [1.165, 1.54) is 26.4 Å². The van der Waals surface area contributed by atoms with Crippen LogP contribution in [0.4, 0.5) is 4.39 Å². The van der Waals surface area contributed by atoms with E-state index >= 15 is 0 Å². The Kier molecular flexibility index (Phi) is 4.70. The second kappa shape index (κ2) is 6.33. The lowest BCUT2D eigenvalue weighted by atomic mass is 9.99. The van der Waals surface area contributed by atoms with Gasteiger partial charge in [-0.2, -0.15) is 0 Å². The molecule has 0 saturated heterocycles. The van der Waals surface area contributed by atoms with E-state index in [1.807, 2.05) is 0 Å². The van der Waals surface area contributed by atoms with Crippen molar-refractivity contribution in [3.05, 3.63) is 57.9 Å². The highest BCUT2D eigenvalue weighted by Crippen LogP contribution is 2.41. The Balaban J connectivity index is 2.50. The lowest BCUT2D eigenvalue weighted by molar-refractivity contribution is 0.219. The molecule has 0 radical (unpaired) electrons. The Morgan fingerprint density at radius 2 is 1.86 bits per heavy atom. The molecule has 0 aliphatic carbocycles. The predicted octanol–water partition coefficient (Wildman–Crippen LogP) is 3.89. The van der Waals surface area contributed by atoms with Crippen molar-refractivity contribution in [2.45, 2.75) is 13.0 Å². The van der Waals surface area contributed by atoms with Crippen molar-refractivity contribution in [1.82, 2.24) is 0 Å². The number of aliphatic hydroxyl groups is 1. The van der Waals surface area contributed by atoms with E-state index in [0.29, 0.717) is 22.6 Å². The summed E-state index contributed by atoms with van der Waals surface area (Å²) in [5, 5.41) is 10.7. The molecule has 0 amide bonds. The number of rotatable bonds is 4. The third kappa shape index (κ3) is 3.12. The lowest BCUT2D eigenvalue weighted by Gasteiger charge is -2.17. The van der Waals surface area contributed by atoms with Crippen LogP contribution in [0.25, 0.3) is 0 Å². The van der Waals surface area contributed by atoms with Crippen LogP contribution in [0, 0.1) is 12.7 Å². The summed E-state index contributed by atoms with van der Waals surface area (Å²) in [5.74, 6) is 0.401. The highest BCUT2D eigenvalue weighted by molar-refractivity contribution is 6.33. The molecule has 0 heterocycles. The van der Waals surface area contributed by atoms with Gasteiger partial charge in [-0.05, 0) is 36.2 Å². The fraction of sp³-hybridized carbons (Fsp3) is 0.250. The van der Waals surface area contributed by atoms with Crippen LogP contribution >= 0.6 is 11.6 Å². The normalized spacial score (nSPS) is 12.1. The van der Waals surface area contributed by atoms with Crippen molar-refractivity contribution in [2.24, 2.45) is 0 Å². The average Bonchev–Trinajstić information content (AvgIpc) is 2.45. The Labute approximate surface area is 127 Å². The van der Waals surface area contributed by atoms with E-state index < -0.39 is 11.9 Å². The van der Waals surface area contributed by atoms with Gasteiger partial charge in [0, 0.05) is 5.56 Å². The molecule has 0 aliphatic heterocycles.